The molecule has 0 aliphatic heterocycles. The Morgan fingerprint density at radius 2 is 2.15 bits per heavy atom. The zero-order valence-corrected chi connectivity index (χ0v) is 11.2. The summed E-state index contributed by atoms with van der Waals surface area (Å²) >= 11 is 5.88. The molecule has 1 heterocycles. The van der Waals surface area contributed by atoms with Gasteiger partial charge in [0.05, 0.1) is 22.4 Å². The lowest BCUT2D eigenvalue weighted by molar-refractivity contribution is -0.384. The SMILES string of the molecule is Cc1cncc(NC(=O)c2cccc([N+](=O)[O-])c2Cl)c1. The molecule has 0 saturated heterocycles. The molecule has 0 fully saturated rings. The number of benzene rings is 1. The number of nitrogens with zero attached hydrogens (tertiary/aromatic N) is 2. The van der Waals surface area contributed by atoms with Gasteiger partial charge in [0, 0.05) is 12.3 Å². The predicted octanol–water partition coefficient (Wildman–Crippen LogP) is 3.20. The summed E-state index contributed by atoms with van der Waals surface area (Å²) in [6.45, 7) is 1.84. The van der Waals surface area contributed by atoms with E-state index in [1.54, 1.807) is 12.3 Å². The van der Waals surface area contributed by atoms with E-state index < -0.39 is 10.8 Å². The van der Waals surface area contributed by atoms with E-state index in [2.05, 4.69) is 10.3 Å². The maximum atomic E-state index is 12.1. The minimum atomic E-state index is -0.632. The molecule has 0 spiro atoms. The van der Waals surface area contributed by atoms with Crippen molar-refractivity contribution in [3.63, 3.8) is 0 Å². The summed E-state index contributed by atoms with van der Waals surface area (Å²) in [6, 6.07) is 5.81. The number of carbonyl (C=O) groups is 1. The fourth-order valence-electron chi connectivity index (χ4n) is 1.66. The number of anilines is 1. The molecule has 7 heteroatoms. The van der Waals surface area contributed by atoms with Crippen molar-refractivity contribution in [1.29, 1.82) is 0 Å². The summed E-state index contributed by atoms with van der Waals surface area (Å²) in [5, 5.41) is 13.2. The average molecular weight is 292 g/mol. The van der Waals surface area contributed by atoms with E-state index in [9.17, 15) is 14.9 Å². The second-order valence-corrected chi connectivity index (χ2v) is 4.48. The summed E-state index contributed by atoms with van der Waals surface area (Å²) in [5.41, 5.74) is 1.12. The molecule has 1 aromatic heterocycles. The van der Waals surface area contributed by atoms with Gasteiger partial charge in [-0.1, -0.05) is 17.7 Å². The molecule has 0 aliphatic rings. The smallest absolute Gasteiger partial charge is 0.288 e. The number of pyridine rings is 1. The maximum absolute atomic E-state index is 12.1. The highest BCUT2D eigenvalue weighted by Gasteiger charge is 2.19. The Labute approximate surface area is 119 Å². The zero-order chi connectivity index (χ0) is 14.7. The summed E-state index contributed by atoms with van der Waals surface area (Å²) in [5.74, 6) is -0.522. The summed E-state index contributed by atoms with van der Waals surface area (Å²) in [4.78, 5) is 26.2. The largest absolute Gasteiger partial charge is 0.321 e. The molecule has 2 rings (SSSR count). The van der Waals surface area contributed by atoms with Crippen LogP contribution in [-0.2, 0) is 0 Å². The van der Waals surface area contributed by atoms with Crippen molar-refractivity contribution in [2.45, 2.75) is 6.92 Å². The van der Waals surface area contributed by atoms with Crippen LogP contribution >= 0.6 is 11.6 Å². The first-order valence-electron chi connectivity index (χ1n) is 5.65. The van der Waals surface area contributed by atoms with Crippen LogP contribution in [-0.4, -0.2) is 15.8 Å². The van der Waals surface area contributed by atoms with E-state index in [0.717, 1.165) is 5.56 Å². The van der Waals surface area contributed by atoms with Crippen LogP contribution in [0, 0.1) is 17.0 Å². The van der Waals surface area contributed by atoms with Crippen LogP contribution in [0.15, 0.2) is 36.7 Å². The standard InChI is InChI=1S/C13H10ClN3O3/c1-8-5-9(7-15-6-8)16-13(18)10-3-2-4-11(12(10)14)17(19)20/h2-7H,1H3,(H,16,18). The van der Waals surface area contributed by atoms with Crippen molar-refractivity contribution in [2.75, 3.05) is 5.32 Å². The normalized spacial score (nSPS) is 10.1. The Balaban J connectivity index is 2.30. The van der Waals surface area contributed by atoms with E-state index >= 15 is 0 Å². The van der Waals surface area contributed by atoms with E-state index in [0.29, 0.717) is 5.69 Å². The number of halogens is 1. The first kappa shape index (κ1) is 14.0. The third-order valence-electron chi connectivity index (χ3n) is 2.55. The number of nitro benzene ring substituents is 1. The molecule has 0 aliphatic carbocycles. The maximum Gasteiger partial charge on any atom is 0.288 e. The number of hydrogen-bond acceptors (Lipinski definition) is 4. The van der Waals surface area contributed by atoms with Crippen molar-refractivity contribution in [3.05, 3.63) is 62.9 Å². The average Bonchev–Trinajstić information content (AvgIpc) is 2.38. The first-order chi connectivity index (χ1) is 9.49. The van der Waals surface area contributed by atoms with Gasteiger partial charge in [-0.15, -0.1) is 0 Å². The molecule has 0 radical (unpaired) electrons. The number of carbonyl (C=O) groups excluding carboxylic acids is 1. The summed E-state index contributed by atoms with van der Waals surface area (Å²) in [6.07, 6.45) is 3.13. The number of amides is 1. The van der Waals surface area contributed by atoms with Gasteiger partial charge in [-0.2, -0.15) is 0 Å². The van der Waals surface area contributed by atoms with Crippen LogP contribution in [0.2, 0.25) is 5.02 Å². The quantitative estimate of drug-likeness (QED) is 0.695. The lowest BCUT2D eigenvalue weighted by Crippen LogP contribution is -2.13. The minimum Gasteiger partial charge on any atom is -0.321 e. The van der Waals surface area contributed by atoms with Crippen LogP contribution < -0.4 is 5.32 Å². The molecule has 102 valence electrons. The van der Waals surface area contributed by atoms with Crippen LogP contribution in [0.5, 0.6) is 0 Å². The van der Waals surface area contributed by atoms with Crippen molar-refractivity contribution in [1.82, 2.24) is 4.98 Å². The Kier molecular flexibility index (Phi) is 3.95. The van der Waals surface area contributed by atoms with Gasteiger partial charge in [0.25, 0.3) is 11.6 Å². The van der Waals surface area contributed by atoms with Crippen LogP contribution in [0.3, 0.4) is 0 Å². The molecule has 1 aromatic carbocycles. The van der Waals surface area contributed by atoms with Crippen LogP contribution in [0.25, 0.3) is 0 Å². The van der Waals surface area contributed by atoms with Gasteiger partial charge in [-0.05, 0) is 24.6 Å². The highest BCUT2D eigenvalue weighted by molar-refractivity contribution is 6.36. The van der Waals surface area contributed by atoms with Crippen molar-refractivity contribution in [2.24, 2.45) is 0 Å². The second-order valence-electron chi connectivity index (χ2n) is 4.10. The van der Waals surface area contributed by atoms with Gasteiger partial charge in [-0.25, -0.2) is 0 Å². The third kappa shape index (κ3) is 2.92. The highest BCUT2D eigenvalue weighted by Crippen LogP contribution is 2.28. The Morgan fingerprint density at radius 1 is 1.40 bits per heavy atom. The van der Waals surface area contributed by atoms with E-state index in [4.69, 9.17) is 11.6 Å². The molecule has 1 N–H and O–H groups in total. The lowest BCUT2D eigenvalue weighted by atomic mass is 10.2. The van der Waals surface area contributed by atoms with E-state index in [1.165, 1.54) is 24.4 Å². The minimum absolute atomic E-state index is 0.0439. The number of aromatic nitrogens is 1. The molecule has 0 unspecified atom stereocenters. The van der Waals surface area contributed by atoms with Gasteiger partial charge in [0.15, 0.2) is 0 Å². The van der Waals surface area contributed by atoms with Crippen molar-refractivity contribution < 1.29 is 9.72 Å². The molecular formula is C13H10ClN3O3. The van der Waals surface area contributed by atoms with E-state index in [-0.39, 0.29) is 16.3 Å². The summed E-state index contributed by atoms with van der Waals surface area (Å²) in [7, 11) is 0. The molecular weight excluding hydrogens is 282 g/mol. The zero-order valence-electron chi connectivity index (χ0n) is 10.5. The monoisotopic (exact) mass is 291 g/mol. The fraction of sp³-hybridized carbons (Fsp3) is 0.0769. The molecule has 20 heavy (non-hydrogen) atoms. The molecule has 0 bridgehead atoms. The Hall–Kier alpha value is -2.47. The highest BCUT2D eigenvalue weighted by atomic mass is 35.5. The Bertz CT molecular complexity index is 688. The van der Waals surface area contributed by atoms with Crippen molar-refractivity contribution >= 4 is 28.9 Å². The number of hydrogen-bond donors (Lipinski definition) is 1. The fourth-order valence-corrected chi connectivity index (χ4v) is 1.94. The van der Waals surface area contributed by atoms with E-state index in [1.807, 2.05) is 6.92 Å². The van der Waals surface area contributed by atoms with Gasteiger partial charge in [-0.3, -0.25) is 19.9 Å². The van der Waals surface area contributed by atoms with Crippen LogP contribution in [0.1, 0.15) is 15.9 Å². The number of rotatable bonds is 3. The number of nitro groups is 1. The molecule has 0 atom stereocenters. The van der Waals surface area contributed by atoms with Gasteiger partial charge in [0.2, 0.25) is 0 Å². The molecule has 6 nitrogen and oxygen atoms in total. The molecule has 0 saturated carbocycles. The second kappa shape index (κ2) is 5.66. The molecule has 2 aromatic rings. The third-order valence-corrected chi connectivity index (χ3v) is 2.95. The summed E-state index contributed by atoms with van der Waals surface area (Å²) < 4.78 is 0. The van der Waals surface area contributed by atoms with Gasteiger partial charge in [0.1, 0.15) is 5.02 Å². The Morgan fingerprint density at radius 3 is 2.80 bits per heavy atom. The van der Waals surface area contributed by atoms with Crippen LogP contribution in [0.4, 0.5) is 11.4 Å². The number of aryl methyl sites for hydroxylation is 1. The topological polar surface area (TPSA) is 85.1 Å². The number of nitrogens with one attached hydrogen (secondary N) is 1. The first-order valence-corrected chi connectivity index (χ1v) is 6.02. The van der Waals surface area contributed by atoms with Gasteiger partial charge < -0.3 is 5.32 Å². The van der Waals surface area contributed by atoms with Gasteiger partial charge >= 0.3 is 0 Å². The molecule has 1 amide bonds. The lowest BCUT2D eigenvalue weighted by Gasteiger charge is -2.07. The van der Waals surface area contributed by atoms with Crippen molar-refractivity contribution in [3.8, 4) is 0 Å². The predicted molar refractivity (Wildman–Crippen MR) is 75.0 cm³/mol.